The van der Waals surface area contributed by atoms with Crippen molar-refractivity contribution in [3.63, 3.8) is 0 Å². The zero-order chi connectivity index (χ0) is 13.9. The van der Waals surface area contributed by atoms with E-state index < -0.39 is 5.97 Å². The molecule has 3 rings (SSSR count). The highest BCUT2D eigenvalue weighted by Gasteiger charge is 2.23. The Balaban J connectivity index is 1.53. The largest absolute Gasteiger partial charge is 0.481 e. The Morgan fingerprint density at radius 1 is 1.30 bits per heavy atom. The molecule has 1 aromatic rings. The lowest BCUT2D eigenvalue weighted by molar-refractivity contribution is -0.137. The average molecular weight is 273 g/mol. The molecule has 3 heteroatoms. The van der Waals surface area contributed by atoms with Gasteiger partial charge in [0.25, 0.3) is 0 Å². The van der Waals surface area contributed by atoms with Crippen molar-refractivity contribution in [2.24, 2.45) is 5.92 Å². The highest BCUT2D eigenvalue weighted by molar-refractivity contribution is 5.66. The number of aryl methyl sites for hydroxylation is 2. The van der Waals surface area contributed by atoms with Crippen molar-refractivity contribution in [3.8, 4) is 0 Å². The van der Waals surface area contributed by atoms with Crippen LogP contribution in [0.5, 0.6) is 0 Å². The zero-order valence-corrected chi connectivity index (χ0v) is 12.0. The van der Waals surface area contributed by atoms with E-state index in [-0.39, 0.29) is 0 Å². The van der Waals surface area contributed by atoms with Crippen molar-refractivity contribution in [1.82, 2.24) is 4.90 Å². The van der Waals surface area contributed by atoms with Crippen LogP contribution in [0, 0.1) is 5.92 Å². The van der Waals surface area contributed by atoms with Gasteiger partial charge in [0.05, 0.1) is 0 Å². The molecule has 0 bridgehead atoms. The van der Waals surface area contributed by atoms with E-state index >= 15 is 0 Å². The van der Waals surface area contributed by atoms with E-state index in [2.05, 4.69) is 23.1 Å². The summed E-state index contributed by atoms with van der Waals surface area (Å²) in [6.07, 6.45) is 6.09. The van der Waals surface area contributed by atoms with Gasteiger partial charge in [0, 0.05) is 19.5 Å². The van der Waals surface area contributed by atoms with Crippen LogP contribution in [0.3, 0.4) is 0 Å². The number of fused-ring (bicyclic) bond motifs is 1. The van der Waals surface area contributed by atoms with E-state index in [1.165, 1.54) is 30.4 Å². The second kappa shape index (κ2) is 5.96. The first kappa shape index (κ1) is 13.6. The number of aliphatic carboxylic acids is 1. The summed E-state index contributed by atoms with van der Waals surface area (Å²) < 4.78 is 0. The van der Waals surface area contributed by atoms with Gasteiger partial charge in [0.2, 0.25) is 0 Å². The SMILES string of the molecule is O=C(O)CCC1CCN(Cc2ccc3c(c2)CCC3)C1. The lowest BCUT2D eigenvalue weighted by Gasteiger charge is -2.16. The molecular weight excluding hydrogens is 250 g/mol. The number of carboxylic acids is 1. The number of benzene rings is 1. The molecule has 1 saturated heterocycles. The van der Waals surface area contributed by atoms with Gasteiger partial charge in [-0.05, 0) is 61.3 Å². The molecule has 0 aromatic heterocycles. The third-order valence-electron chi connectivity index (χ3n) is 4.71. The fourth-order valence-corrected chi connectivity index (χ4v) is 3.60. The van der Waals surface area contributed by atoms with Crippen LogP contribution in [0.25, 0.3) is 0 Å². The molecule has 0 radical (unpaired) electrons. The predicted molar refractivity (Wildman–Crippen MR) is 78.7 cm³/mol. The van der Waals surface area contributed by atoms with E-state index in [4.69, 9.17) is 5.11 Å². The molecule has 1 aliphatic heterocycles. The number of rotatable bonds is 5. The van der Waals surface area contributed by atoms with Gasteiger partial charge in [-0.15, -0.1) is 0 Å². The second-order valence-corrected chi connectivity index (χ2v) is 6.28. The number of carbonyl (C=O) groups is 1. The molecule has 0 saturated carbocycles. The molecule has 1 aromatic carbocycles. The molecule has 3 nitrogen and oxygen atoms in total. The van der Waals surface area contributed by atoms with Gasteiger partial charge in [0.15, 0.2) is 0 Å². The highest BCUT2D eigenvalue weighted by Crippen LogP contribution is 2.26. The third kappa shape index (κ3) is 3.21. The number of nitrogens with zero attached hydrogens (tertiary/aromatic N) is 1. The van der Waals surface area contributed by atoms with Crippen LogP contribution >= 0.6 is 0 Å². The van der Waals surface area contributed by atoms with Crippen LogP contribution in [0.15, 0.2) is 18.2 Å². The summed E-state index contributed by atoms with van der Waals surface area (Å²) >= 11 is 0. The van der Waals surface area contributed by atoms with E-state index in [1.54, 1.807) is 5.56 Å². The minimum atomic E-state index is -0.665. The van der Waals surface area contributed by atoms with Crippen LogP contribution in [0.4, 0.5) is 0 Å². The van der Waals surface area contributed by atoms with E-state index in [0.717, 1.165) is 32.5 Å². The molecule has 1 unspecified atom stereocenters. The average Bonchev–Trinajstić information content (AvgIpc) is 3.04. The summed E-state index contributed by atoms with van der Waals surface area (Å²) in [5.74, 6) is -0.0948. The lowest BCUT2D eigenvalue weighted by atomic mass is 10.0. The molecule has 1 fully saturated rings. The maximum atomic E-state index is 10.6. The first-order valence-electron chi connectivity index (χ1n) is 7.75. The zero-order valence-electron chi connectivity index (χ0n) is 12.0. The first-order valence-corrected chi connectivity index (χ1v) is 7.75. The van der Waals surface area contributed by atoms with Gasteiger partial charge >= 0.3 is 5.97 Å². The molecule has 0 amide bonds. The quantitative estimate of drug-likeness (QED) is 0.897. The first-order chi connectivity index (χ1) is 9.70. The van der Waals surface area contributed by atoms with Crippen molar-refractivity contribution in [3.05, 3.63) is 34.9 Å². The highest BCUT2D eigenvalue weighted by atomic mass is 16.4. The molecular formula is C17H23NO2. The summed E-state index contributed by atoms with van der Waals surface area (Å²) in [7, 11) is 0. The van der Waals surface area contributed by atoms with Crippen LogP contribution in [-0.2, 0) is 24.2 Å². The van der Waals surface area contributed by atoms with Gasteiger partial charge < -0.3 is 5.11 Å². The van der Waals surface area contributed by atoms with Crippen LogP contribution < -0.4 is 0 Å². The van der Waals surface area contributed by atoms with Gasteiger partial charge in [-0.1, -0.05) is 18.2 Å². The molecule has 1 aliphatic carbocycles. The van der Waals surface area contributed by atoms with Crippen molar-refractivity contribution in [1.29, 1.82) is 0 Å². The molecule has 0 spiro atoms. The Labute approximate surface area is 120 Å². The maximum Gasteiger partial charge on any atom is 0.303 e. The summed E-state index contributed by atoms with van der Waals surface area (Å²) in [4.78, 5) is 13.1. The Hall–Kier alpha value is -1.35. The molecule has 1 atom stereocenters. The van der Waals surface area contributed by atoms with Crippen molar-refractivity contribution < 1.29 is 9.90 Å². The number of hydrogen-bond donors (Lipinski definition) is 1. The Bertz CT molecular complexity index is 498. The normalized spacial score (nSPS) is 22.1. The third-order valence-corrected chi connectivity index (χ3v) is 4.71. The minimum Gasteiger partial charge on any atom is -0.481 e. The predicted octanol–water partition coefficient (Wildman–Crippen LogP) is 2.86. The monoisotopic (exact) mass is 273 g/mol. The topological polar surface area (TPSA) is 40.5 Å². The maximum absolute atomic E-state index is 10.6. The number of likely N-dealkylation sites (tertiary alicyclic amines) is 1. The lowest BCUT2D eigenvalue weighted by Crippen LogP contribution is -2.20. The second-order valence-electron chi connectivity index (χ2n) is 6.28. The van der Waals surface area contributed by atoms with Crippen LogP contribution in [-0.4, -0.2) is 29.1 Å². The fraction of sp³-hybridized carbons (Fsp3) is 0.588. The summed E-state index contributed by atoms with van der Waals surface area (Å²) in [5, 5.41) is 8.75. The molecule has 1 N–H and O–H groups in total. The van der Waals surface area contributed by atoms with Gasteiger partial charge in [-0.25, -0.2) is 0 Å². The number of carboxylic acid groups (broad SMARTS) is 1. The van der Waals surface area contributed by atoms with Crippen molar-refractivity contribution >= 4 is 5.97 Å². The smallest absolute Gasteiger partial charge is 0.303 e. The number of hydrogen-bond acceptors (Lipinski definition) is 2. The van der Waals surface area contributed by atoms with Gasteiger partial charge in [-0.3, -0.25) is 9.69 Å². The van der Waals surface area contributed by atoms with Crippen molar-refractivity contribution in [2.45, 2.75) is 45.1 Å². The van der Waals surface area contributed by atoms with Gasteiger partial charge in [-0.2, -0.15) is 0 Å². The minimum absolute atomic E-state index is 0.317. The summed E-state index contributed by atoms with van der Waals surface area (Å²) in [6.45, 7) is 3.20. The molecule has 20 heavy (non-hydrogen) atoms. The van der Waals surface area contributed by atoms with Crippen molar-refractivity contribution in [2.75, 3.05) is 13.1 Å². The Kier molecular flexibility index (Phi) is 4.06. The molecule has 2 aliphatic rings. The Morgan fingerprint density at radius 3 is 3.00 bits per heavy atom. The van der Waals surface area contributed by atoms with E-state index in [0.29, 0.717) is 12.3 Å². The summed E-state index contributed by atoms with van der Waals surface area (Å²) in [6, 6.07) is 6.96. The molecule has 1 heterocycles. The van der Waals surface area contributed by atoms with E-state index in [9.17, 15) is 4.79 Å². The van der Waals surface area contributed by atoms with E-state index in [1.807, 2.05) is 0 Å². The Morgan fingerprint density at radius 2 is 2.15 bits per heavy atom. The van der Waals surface area contributed by atoms with Crippen LogP contribution in [0.2, 0.25) is 0 Å². The standard InChI is InChI=1S/C17H23NO2/c19-17(20)7-5-13-8-9-18(11-13)12-14-4-6-15-2-1-3-16(15)10-14/h4,6,10,13H,1-3,5,7-9,11-12H2,(H,19,20). The summed E-state index contributed by atoms with van der Waals surface area (Å²) in [5.41, 5.74) is 4.50. The van der Waals surface area contributed by atoms with Crippen LogP contribution in [0.1, 0.15) is 42.4 Å². The van der Waals surface area contributed by atoms with Gasteiger partial charge in [0.1, 0.15) is 0 Å². The molecule has 108 valence electrons. The fourth-order valence-electron chi connectivity index (χ4n) is 3.60.